The van der Waals surface area contributed by atoms with E-state index in [1.54, 1.807) is 12.4 Å². The average molecular weight is 306 g/mol. The largest absolute Gasteiger partial charge is 0.380 e. The maximum Gasteiger partial charge on any atom is 0.225 e. The molecule has 0 radical (unpaired) electrons. The first-order valence-corrected chi connectivity index (χ1v) is 7.98. The van der Waals surface area contributed by atoms with Crippen molar-refractivity contribution in [2.24, 2.45) is 4.99 Å². The van der Waals surface area contributed by atoms with Crippen LogP contribution in [-0.2, 0) is 4.74 Å². The van der Waals surface area contributed by atoms with Crippen LogP contribution in [0.2, 0.25) is 0 Å². The van der Waals surface area contributed by atoms with Gasteiger partial charge < -0.3 is 19.9 Å². The minimum Gasteiger partial charge on any atom is -0.380 e. The number of nitrogens with zero attached hydrogens (tertiary/aromatic N) is 5. The summed E-state index contributed by atoms with van der Waals surface area (Å²) in [5, 5.41) is 3.35. The van der Waals surface area contributed by atoms with Crippen LogP contribution in [-0.4, -0.2) is 73.3 Å². The van der Waals surface area contributed by atoms with Gasteiger partial charge in [0.05, 0.1) is 13.2 Å². The number of hydrogen-bond acceptors (Lipinski definition) is 5. The summed E-state index contributed by atoms with van der Waals surface area (Å²) in [5.41, 5.74) is 0. The lowest BCUT2D eigenvalue weighted by molar-refractivity contribution is 0.155. The summed E-state index contributed by atoms with van der Waals surface area (Å²) >= 11 is 0. The Balaban J connectivity index is 1.87. The fourth-order valence-electron chi connectivity index (χ4n) is 2.36. The van der Waals surface area contributed by atoms with Crippen LogP contribution in [0.5, 0.6) is 0 Å². The molecule has 0 unspecified atom stereocenters. The summed E-state index contributed by atoms with van der Waals surface area (Å²) in [4.78, 5) is 17.7. The van der Waals surface area contributed by atoms with E-state index >= 15 is 0 Å². The second-order valence-corrected chi connectivity index (χ2v) is 4.96. The molecule has 122 valence electrons. The molecule has 22 heavy (non-hydrogen) atoms. The van der Waals surface area contributed by atoms with Gasteiger partial charge in [-0.25, -0.2) is 9.97 Å². The summed E-state index contributed by atoms with van der Waals surface area (Å²) < 4.78 is 5.35. The zero-order chi connectivity index (χ0) is 15.6. The van der Waals surface area contributed by atoms with E-state index in [0.29, 0.717) is 13.2 Å². The zero-order valence-electron chi connectivity index (χ0n) is 13.5. The van der Waals surface area contributed by atoms with Gasteiger partial charge in [-0.05, 0) is 19.9 Å². The lowest BCUT2D eigenvalue weighted by Crippen LogP contribution is -2.53. The average Bonchev–Trinajstić information content (AvgIpc) is 2.59. The first-order valence-electron chi connectivity index (χ1n) is 7.98. The Kier molecular flexibility index (Phi) is 6.89. The molecule has 1 aromatic rings. The quantitative estimate of drug-likeness (QED) is 0.472. The Morgan fingerprint density at radius 3 is 2.59 bits per heavy atom. The third-order valence-electron chi connectivity index (χ3n) is 3.45. The summed E-state index contributed by atoms with van der Waals surface area (Å²) in [6.07, 6.45) is 3.57. The molecule has 2 heterocycles. The van der Waals surface area contributed by atoms with Gasteiger partial charge in [0.2, 0.25) is 5.95 Å². The summed E-state index contributed by atoms with van der Waals surface area (Å²) in [6.45, 7) is 10.7. The third kappa shape index (κ3) is 4.84. The van der Waals surface area contributed by atoms with Crippen molar-refractivity contribution in [3.8, 4) is 0 Å². The number of ether oxygens (including phenoxy) is 1. The predicted octanol–water partition coefficient (Wildman–Crippen LogP) is 0.601. The van der Waals surface area contributed by atoms with E-state index in [1.807, 2.05) is 13.0 Å². The molecular weight excluding hydrogens is 280 g/mol. The van der Waals surface area contributed by atoms with Crippen LogP contribution in [0.4, 0.5) is 5.95 Å². The first kappa shape index (κ1) is 16.5. The van der Waals surface area contributed by atoms with Crippen molar-refractivity contribution in [2.45, 2.75) is 13.8 Å². The molecule has 7 nitrogen and oxygen atoms in total. The SMILES string of the molecule is CCNC(=NCCOCC)N1CCN(c2ncccn2)CC1. The highest BCUT2D eigenvalue weighted by molar-refractivity contribution is 5.80. The molecule has 1 N–H and O–H groups in total. The van der Waals surface area contributed by atoms with Gasteiger partial charge in [0, 0.05) is 51.7 Å². The molecule has 1 aromatic heterocycles. The molecule has 0 aromatic carbocycles. The van der Waals surface area contributed by atoms with Gasteiger partial charge in [-0.15, -0.1) is 0 Å². The maximum atomic E-state index is 5.35. The molecule has 0 bridgehead atoms. The second-order valence-electron chi connectivity index (χ2n) is 4.96. The Morgan fingerprint density at radius 1 is 1.23 bits per heavy atom. The number of aromatic nitrogens is 2. The molecule has 2 rings (SSSR count). The van der Waals surface area contributed by atoms with Crippen LogP contribution in [0.15, 0.2) is 23.5 Å². The van der Waals surface area contributed by atoms with Crippen LogP contribution in [0, 0.1) is 0 Å². The highest BCUT2D eigenvalue weighted by Crippen LogP contribution is 2.09. The molecule has 0 atom stereocenters. The number of anilines is 1. The van der Waals surface area contributed by atoms with Crippen LogP contribution in [0.3, 0.4) is 0 Å². The van der Waals surface area contributed by atoms with Gasteiger partial charge in [0.1, 0.15) is 0 Å². The van der Waals surface area contributed by atoms with Crippen molar-refractivity contribution in [3.63, 3.8) is 0 Å². The van der Waals surface area contributed by atoms with Crippen molar-refractivity contribution in [1.29, 1.82) is 0 Å². The molecule has 0 amide bonds. The molecule has 0 saturated carbocycles. The van der Waals surface area contributed by atoms with Crippen molar-refractivity contribution in [3.05, 3.63) is 18.5 Å². The van der Waals surface area contributed by atoms with Crippen molar-refractivity contribution in [1.82, 2.24) is 20.2 Å². The molecule has 0 aliphatic carbocycles. The maximum absolute atomic E-state index is 5.35. The number of rotatable bonds is 6. The van der Waals surface area contributed by atoms with Gasteiger partial charge >= 0.3 is 0 Å². The first-order chi connectivity index (χ1) is 10.8. The Bertz CT molecular complexity index is 445. The Morgan fingerprint density at radius 2 is 1.95 bits per heavy atom. The molecule has 0 spiro atoms. The van der Waals surface area contributed by atoms with E-state index in [9.17, 15) is 0 Å². The van der Waals surface area contributed by atoms with Crippen molar-refractivity contribution >= 4 is 11.9 Å². The van der Waals surface area contributed by atoms with E-state index in [0.717, 1.165) is 51.2 Å². The molecule has 1 aliphatic rings. The van der Waals surface area contributed by atoms with Gasteiger partial charge in [-0.1, -0.05) is 0 Å². The normalized spacial score (nSPS) is 16.0. The summed E-state index contributed by atoms with van der Waals surface area (Å²) in [5.74, 6) is 1.77. The lowest BCUT2D eigenvalue weighted by atomic mass is 10.3. The molecule has 7 heteroatoms. The number of nitrogens with one attached hydrogen (secondary N) is 1. The van der Waals surface area contributed by atoms with Gasteiger partial charge in [0.25, 0.3) is 0 Å². The Labute approximate surface area is 132 Å². The van der Waals surface area contributed by atoms with Crippen LogP contribution in [0.1, 0.15) is 13.8 Å². The topological polar surface area (TPSA) is 65.9 Å². The van der Waals surface area contributed by atoms with E-state index in [1.165, 1.54) is 0 Å². The predicted molar refractivity (Wildman–Crippen MR) is 88.3 cm³/mol. The molecule has 1 fully saturated rings. The number of hydrogen-bond donors (Lipinski definition) is 1. The highest BCUT2D eigenvalue weighted by Gasteiger charge is 2.20. The smallest absolute Gasteiger partial charge is 0.225 e. The number of aliphatic imine (C=N–C) groups is 1. The van der Waals surface area contributed by atoms with E-state index in [4.69, 9.17) is 4.74 Å². The van der Waals surface area contributed by atoms with E-state index in [2.05, 4.69) is 37.0 Å². The second kappa shape index (κ2) is 9.19. The van der Waals surface area contributed by atoms with Gasteiger partial charge in [-0.3, -0.25) is 4.99 Å². The molecule has 1 saturated heterocycles. The Hall–Kier alpha value is -1.89. The van der Waals surface area contributed by atoms with E-state index in [-0.39, 0.29) is 0 Å². The lowest BCUT2D eigenvalue weighted by Gasteiger charge is -2.36. The molecular formula is C15H26N6O. The fourth-order valence-corrected chi connectivity index (χ4v) is 2.36. The van der Waals surface area contributed by atoms with Crippen LogP contribution < -0.4 is 10.2 Å². The summed E-state index contributed by atoms with van der Waals surface area (Å²) in [6, 6.07) is 1.84. The van der Waals surface area contributed by atoms with Crippen LogP contribution in [0.25, 0.3) is 0 Å². The molecule has 1 aliphatic heterocycles. The van der Waals surface area contributed by atoms with Crippen molar-refractivity contribution in [2.75, 3.05) is 57.4 Å². The van der Waals surface area contributed by atoms with E-state index < -0.39 is 0 Å². The minimum atomic E-state index is 0.670. The van der Waals surface area contributed by atoms with Gasteiger partial charge in [0.15, 0.2) is 5.96 Å². The highest BCUT2D eigenvalue weighted by atomic mass is 16.5. The van der Waals surface area contributed by atoms with Crippen LogP contribution >= 0.6 is 0 Å². The standard InChI is InChI=1S/C15H26N6O/c1-3-16-14(19-8-13-22-4-2)20-9-11-21(12-10-20)15-17-6-5-7-18-15/h5-7H,3-4,8-13H2,1-2H3,(H,16,19). The number of piperazine rings is 1. The zero-order valence-corrected chi connectivity index (χ0v) is 13.5. The van der Waals surface area contributed by atoms with Crippen molar-refractivity contribution < 1.29 is 4.74 Å². The number of guanidine groups is 1. The van der Waals surface area contributed by atoms with Gasteiger partial charge in [-0.2, -0.15) is 0 Å². The minimum absolute atomic E-state index is 0.670. The summed E-state index contributed by atoms with van der Waals surface area (Å²) in [7, 11) is 0. The monoisotopic (exact) mass is 306 g/mol. The third-order valence-corrected chi connectivity index (χ3v) is 3.45. The fraction of sp³-hybridized carbons (Fsp3) is 0.667.